The van der Waals surface area contributed by atoms with Crippen LogP contribution in [0.15, 0.2) is 18.2 Å². The van der Waals surface area contributed by atoms with Crippen LogP contribution in [0.4, 0.5) is 4.39 Å². The largest absolute Gasteiger partial charge is 0.330 e. The molecule has 94 valence electrons. The SMILES string of the molecule is Cc1cc(F)ccc1C(=O)CCCCCCN. The van der Waals surface area contributed by atoms with Gasteiger partial charge in [0.25, 0.3) is 0 Å². The van der Waals surface area contributed by atoms with E-state index in [0.29, 0.717) is 18.5 Å². The standard InChI is InChI=1S/C14H20FNO/c1-11-10-12(15)7-8-13(11)14(17)6-4-2-3-5-9-16/h7-8,10H,2-6,9,16H2,1H3. The highest BCUT2D eigenvalue weighted by Crippen LogP contribution is 2.14. The fraction of sp³-hybridized carbons (Fsp3) is 0.500. The normalized spacial score (nSPS) is 10.5. The summed E-state index contributed by atoms with van der Waals surface area (Å²) in [5, 5.41) is 0. The van der Waals surface area contributed by atoms with Gasteiger partial charge in [-0.05, 0) is 50.1 Å². The van der Waals surface area contributed by atoms with E-state index in [1.54, 1.807) is 13.0 Å². The number of carbonyl (C=O) groups is 1. The maximum atomic E-state index is 12.9. The number of benzene rings is 1. The minimum Gasteiger partial charge on any atom is -0.330 e. The second-order valence-corrected chi connectivity index (χ2v) is 4.34. The quantitative estimate of drug-likeness (QED) is 0.584. The first-order chi connectivity index (χ1) is 8.15. The predicted octanol–water partition coefficient (Wildman–Crippen LogP) is 3.23. The number of halogens is 1. The summed E-state index contributed by atoms with van der Waals surface area (Å²) < 4.78 is 12.9. The lowest BCUT2D eigenvalue weighted by Gasteiger charge is -2.05. The number of hydrogen-bond acceptors (Lipinski definition) is 2. The van der Waals surface area contributed by atoms with Gasteiger partial charge in [0.05, 0.1) is 0 Å². The maximum absolute atomic E-state index is 12.9. The van der Waals surface area contributed by atoms with E-state index in [-0.39, 0.29) is 11.6 Å². The first-order valence-corrected chi connectivity index (χ1v) is 6.14. The zero-order chi connectivity index (χ0) is 12.7. The number of Topliss-reactive ketones (excluding diaryl/α,β-unsaturated/α-hetero) is 1. The number of hydrogen-bond donors (Lipinski definition) is 1. The van der Waals surface area contributed by atoms with Crippen LogP contribution in [0.3, 0.4) is 0 Å². The van der Waals surface area contributed by atoms with Crippen molar-refractivity contribution in [3.05, 3.63) is 35.1 Å². The molecule has 0 atom stereocenters. The Kier molecular flexibility index (Phi) is 5.84. The highest BCUT2D eigenvalue weighted by atomic mass is 19.1. The molecule has 0 aromatic heterocycles. The number of rotatable bonds is 7. The summed E-state index contributed by atoms with van der Waals surface area (Å²) in [5.41, 5.74) is 6.76. The van der Waals surface area contributed by atoms with Gasteiger partial charge in [0.2, 0.25) is 0 Å². The van der Waals surface area contributed by atoms with E-state index in [1.165, 1.54) is 12.1 Å². The molecule has 0 heterocycles. The Morgan fingerprint density at radius 2 is 1.94 bits per heavy atom. The van der Waals surface area contributed by atoms with Gasteiger partial charge < -0.3 is 5.73 Å². The highest BCUT2D eigenvalue weighted by molar-refractivity contribution is 5.97. The molecule has 1 aromatic carbocycles. The van der Waals surface area contributed by atoms with Crippen molar-refractivity contribution in [3.63, 3.8) is 0 Å². The first-order valence-electron chi connectivity index (χ1n) is 6.14. The Morgan fingerprint density at radius 3 is 2.59 bits per heavy atom. The van der Waals surface area contributed by atoms with Crippen LogP contribution in [0, 0.1) is 12.7 Å². The molecule has 3 heteroatoms. The zero-order valence-electron chi connectivity index (χ0n) is 10.3. The molecule has 0 bridgehead atoms. The molecule has 0 fully saturated rings. The molecule has 1 rings (SSSR count). The van der Waals surface area contributed by atoms with Gasteiger partial charge in [-0.25, -0.2) is 4.39 Å². The van der Waals surface area contributed by atoms with Crippen molar-refractivity contribution in [2.24, 2.45) is 5.73 Å². The fourth-order valence-corrected chi connectivity index (χ4v) is 1.86. The van der Waals surface area contributed by atoms with Gasteiger partial charge in [0.15, 0.2) is 5.78 Å². The number of carbonyl (C=O) groups excluding carboxylic acids is 1. The van der Waals surface area contributed by atoms with E-state index in [9.17, 15) is 9.18 Å². The Hall–Kier alpha value is -1.22. The van der Waals surface area contributed by atoms with Crippen LogP contribution in [-0.2, 0) is 0 Å². The molecule has 0 amide bonds. The summed E-state index contributed by atoms with van der Waals surface area (Å²) in [4.78, 5) is 11.9. The lowest BCUT2D eigenvalue weighted by Crippen LogP contribution is -2.02. The zero-order valence-corrected chi connectivity index (χ0v) is 10.3. The van der Waals surface area contributed by atoms with Crippen molar-refractivity contribution in [3.8, 4) is 0 Å². The smallest absolute Gasteiger partial charge is 0.163 e. The molecule has 0 spiro atoms. The van der Waals surface area contributed by atoms with Crippen molar-refractivity contribution in [1.29, 1.82) is 0 Å². The Bertz CT molecular complexity index is 376. The van der Waals surface area contributed by atoms with Crippen LogP contribution in [0.5, 0.6) is 0 Å². The van der Waals surface area contributed by atoms with Gasteiger partial charge in [0.1, 0.15) is 5.82 Å². The molecule has 2 nitrogen and oxygen atoms in total. The Labute approximate surface area is 102 Å². The van der Waals surface area contributed by atoms with Gasteiger partial charge >= 0.3 is 0 Å². The van der Waals surface area contributed by atoms with E-state index in [2.05, 4.69) is 0 Å². The topological polar surface area (TPSA) is 43.1 Å². The molecule has 0 aliphatic carbocycles. The minimum absolute atomic E-state index is 0.107. The van der Waals surface area contributed by atoms with Crippen molar-refractivity contribution < 1.29 is 9.18 Å². The molecule has 0 saturated heterocycles. The van der Waals surface area contributed by atoms with Crippen LogP contribution in [0.2, 0.25) is 0 Å². The van der Waals surface area contributed by atoms with E-state index in [4.69, 9.17) is 5.73 Å². The number of nitrogens with two attached hydrogens (primary N) is 1. The van der Waals surface area contributed by atoms with E-state index < -0.39 is 0 Å². The van der Waals surface area contributed by atoms with Crippen molar-refractivity contribution in [2.45, 2.75) is 39.0 Å². The van der Waals surface area contributed by atoms with Crippen LogP contribution < -0.4 is 5.73 Å². The second kappa shape index (κ2) is 7.17. The predicted molar refractivity (Wildman–Crippen MR) is 67.6 cm³/mol. The molecule has 2 N–H and O–H groups in total. The third-order valence-corrected chi connectivity index (χ3v) is 2.85. The number of unbranched alkanes of at least 4 members (excludes halogenated alkanes) is 3. The van der Waals surface area contributed by atoms with Crippen LogP contribution >= 0.6 is 0 Å². The molecular formula is C14H20FNO. The minimum atomic E-state index is -0.290. The van der Waals surface area contributed by atoms with Gasteiger partial charge in [-0.2, -0.15) is 0 Å². The first kappa shape index (κ1) is 13.8. The molecule has 0 saturated carbocycles. The second-order valence-electron chi connectivity index (χ2n) is 4.34. The fourth-order valence-electron chi connectivity index (χ4n) is 1.86. The molecule has 0 unspecified atom stereocenters. The molecule has 0 aliphatic rings. The summed E-state index contributed by atoms with van der Waals surface area (Å²) in [6.07, 6.45) is 4.55. The summed E-state index contributed by atoms with van der Waals surface area (Å²) in [6, 6.07) is 4.32. The van der Waals surface area contributed by atoms with Gasteiger partial charge in [-0.15, -0.1) is 0 Å². The molecular weight excluding hydrogens is 217 g/mol. The van der Waals surface area contributed by atoms with E-state index in [1.807, 2.05) is 0 Å². The van der Waals surface area contributed by atoms with Crippen molar-refractivity contribution in [2.75, 3.05) is 6.54 Å². The van der Waals surface area contributed by atoms with Gasteiger partial charge in [-0.3, -0.25) is 4.79 Å². The van der Waals surface area contributed by atoms with Gasteiger partial charge in [0, 0.05) is 12.0 Å². The van der Waals surface area contributed by atoms with Gasteiger partial charge in [-0.1, -0.05) is 12.8 Å². The van der Waals surface area contributed by atoms with E-state index >= 15 is 0 Å². The lowest BCUT2D eigenvalue weighted by molar-refractivity contribution is 0.0978. The average molecular weight is 237 g/mol. The van der Waals surface area contributed by atoms with Crippen LogP contribution in [0.25, 0.3) is 0 Å². The number of aryl methyl sites for hydroxylation is 1. The third-order valence-electron chi connectivity index (χ3n) is 2.85. The Morgan fingerprint density at radius 1 is 1.24 bits per heavy atom. The third kappa shape index (κ3) is 4.65. The molecule has 17 heavy (non-hydrogen) atoms. The lowest BCUT2D eigenvalue weighted by atomic mass is 10.00. The van der Waals surface area contributed by atoms with Crippen molar-refractivity contribution >= 4 is 5.78 Å². The Balaban J connectivity index is 2.42. The van der Waals surface area contributed by atoms with Crippen molar-refractivity contribution in [1.82, 2.24) is 0 Å². The summed E-state index contributed by atoms with van der Waals surface area (Å²) in [6.45, 7) is 2.48. The monoisotopic (exact) mass is 237 g/mol. The van der Waals surface area contributed by atoms with E-state index in [0.717, 1.165) is 31.2 Å². The summed E-state index contributed by atoms with van der Waals surface area (Å²) in [7, 11) is 0. The highest BCUT2D eigenvalue weighted by Gasteiger charge is 2.09. The molecule has 1 aromatic rings. The molecule has 0 radical (unpaired) electrons. The summed E-state index contributed by atoms with van der Waals surface area (Å²) in [5.74, 6) is -0.183. The van der Waals surface area contributed by atoms with Crippen LogP contribution in [0.1, 0.15) is 48.0 Å². The average Bonchev–Trinajstić information content (AvgIpc) is 2.28. The maximum Gasteiger partial charge on any atom is 0.163 e. The van der Waals surface area contributed by atoms with Crippen LogP contribution in [-0.4, -0.2) is 12.3 Å². The summed E-state index contributed by atoms with van der Waals surface area (Å²) >= 11 is 0. The number of ketones is 1. The molecule has 0 aliphatic heterocycles.